The Morgan fingerprint density at radius 2 is 2.17 bits per heavy atom. The Bertz CT molecular complexity index is 856. The monoisotopic (exact) mass is 343 g/mol. The zero-order valence-corrected chi connectivity index (χ0v) is 13.3. The first-order chi connectivity index (χ1) is 11.7. The number of tetrazole rings is 1. The van der Waals surface area contributed by atoms with E-state index in [-0.39, 0.29) is 11.9 Å². The molecule has 122 valence electrons. The predicted molar refractivity (Wildman–Crippen MR) is 85.7 cm³/mol. The van der Waals surface area contributed by atoms with Crippen LogP contribution in [0, 0.1) is 5.92 Å². The van der Waals surface area contributed by atoms with E-state index in [9.17, 15) is 4.79 Å². The molecule has 0 aliphatic heterocycles. The van der Waals surface area contributed by atoms with E-state index >= 15 is 0 Å². The molecule has 0 radical (unpaired) electrons. The van der Waals surface area contributed by atoms with Crippen molar-refractivity contribution in [3.05, 3.63) is 53.1 Å². The molecule has 2 heterocycles. The topological polar surface area (TPSA) is 101 Å². The highest BCUT2D eigenvalue weighted by Gasteiger charge is 2.36. The van der Waals surface area contributed by atoms with Crippen molar-refractivity contribution < 1.29 is 4.79 Å². The minimum Gasteiger partial charge on any atom is -0.340 e. The minimum atomic E-state index is -0.275. The smallest absolute Gasteiger partial charge is 0.272 e. The third-order valence-electron chi connectivity index (χ3n) is 3.94. The van der Waals surface area contributed by atoms with Crippen LogP contribution in [0.15, 0.2) is 36.5 Å². The molecule has 2 N–H and O–H groups in total. The summed E-state index contributed by atoms with van der Waals surface area (Å²) in [6, 6.07) is 8.72. The maximum Gasteiger partial charge on any atom is 0.272 e. The summed E-state index contributed by atoms with van der Waals surface area (Å²) < 4.78 is 1.58. The van der Waals surface area contributed by atoms with Gasteiger partial charge in [-0.25, -0.2) is 4.68 Å². The fraction of sp³-hybridized carbons (Fsp3) is 0.267. The summed E-state index contributed by atoms with van der Waals surface area (Å²) >= 11 is 6.16. The summed E-state index contributed by atoms with van der Waals surface area (Å²) in [5, 5.41) is 21.8. The number of rotatable bonds is 5. The number of carbonyl (C=O) groups excluding carboxylic acids is 1. The van der Waals surface area contributed by atoms with E-state index in [1.165, 1.54) is 0 Å². The number of amides is 1. The zero-order chi connectivity index (χ0) is 16.5. The lowest BCUT2D eigenvalue weighted by Crippen LogP contribution is -2.31. The number of aromatic amines is 1. The first-order valence-electron chi connectivity index (χ1n) is 7.57. The van der Waals surface area contributed by atoms with Crippen LogP contribution < -0.4 is 5.32 Å². The van der Waals surface area contributed by atoms with E-state index in [1.54, 1.807) is 23.0 Å². The van der Waals surface area contributed by atoms with Gasteiger partial charge in [-0.05, 0) is 37.0 Å². The van der Waals surface area contributed by atoms with Gasteiger partial charge in [-0.1, -0.05) is 28.9 Å². The highest BCUT2D eigenvalue weighted by atomic mass is 35.5. The van der Waals surface area contributed by atoms with Gasteiger partial charge in [0.2, 0.25) is 0 Å². The second-order valence-electron chi connectivity index (χ2n) is 5.66. The summed E-state index contributed by atoms with van der Waals surface area (Å²) in [5.74, 6) is 0.566. The van der Waals surface area contributed by atoms with Crippen LogP contribution in [0.2, 0.25) is 5.02 Å². The van der Waals surface area contributed by atoms with Gasteiger partial charge in [0.05, 0.1) is 16.8 Å². The van der Waals surface area contributed by atoms with Crippen molar-refractivity contribution >= 4 is 17.5 Å². The first kappa shape index (κ1) is 14.8. The fourth-order valence-electron chi connectivity index (χ4n) is 2.56. The number of nitrogens with zero attached hydrogens (tertiary/aromatic N) is 5. The van der Waals surface area contributed by atoms with Gasteiger partial charge in [0.15, 0.2) is 11.5 Å². The van der Waals surface area contributed by atoms with Crippen molar-refractivity contribution in [3.8, 4) is 5.69 Å². The largest absolute Gasteiger partial charge is 0.340 e. The molecule has 24 heavy (non-hydrogen) atoms. The Kier molecular flexibility index (Phi) is 3.73. The van der Waals surface area contributed by atoms with Crippen LogP contribution in [0.5, 0.6) is 0 Å². The molecule has 0 unspecified atom stereocenters. The number of hydrogen-bond acceptors (Lipinski definition) is 5. The Balaban J connectivity index is 1.54. The quantitative estimate of drug-likeness (QED) is 0.737. The Labute approximate surface area is 142 Å². The van der Waals surface area contributed by atoms with Crippen molar-refractivity contribution in [1.82, 2.24) is 35.7 Å². The van der Waals surface area contributed by atoms with Gasteiger partial charge in [0.25, 0.3) is 5.91 Å². The molecular weight excluding hydrogens is 330 g/mol. The molecule has 8 nitrogen and oxygen atoms in total. The molecule has 1 aromatic carbocycles. The van der Waals surface area contributed by atoms with Crippen LogP contribution in [0.4, 0.5) is 0 Å². The van der Waals surface area contributed by atoms with Crippen molar-refractivity contribution in [2.45, 2.75) is 18.9 Å². The maximum absolute atomic E-state index is 12.5. The van der Waals surface area contributed by atoms with Gasteiger partial charge >= 0.3 is 0 Å². The van der Waals surface area contributed by atoms with E-state index < -0.39 is 0 Å². The SMILES string of the molecule is O=C(N[C@@H](c1nn[nH]n1)C1CC1)c1ccn(-c2ccccc2Cl)n1. The molecular formula is C15H14ClN7O. The lowest BCUT2D eigenvalue weighted by atomic mass is 10.1. The number of benzene rings is 1. The normalized spacial score (nSPS) is 15.2. The van der Waals surface area contributed by atoms with E-state index in [2.05, 4.69) is 31.0 Å². The number of hydrogen-bond donors (Lipinski definition) is 2. The first-order valence-corrected chi connectivity index (χ1v) is 7.95. The average Bonchev–Trinajstić information content (AvgIpc) is 3.09. The van der Waals surface area contributed by atoms with Crippen LogP contribution in [0.3, 0.4) is 0 Å². The molecule has 1 fully saturated rings. The lowest BCUT2D eigenvalue weighted by molar-refractivity contribution is 0.0924. The highest BCUT2D eigenvalue weighted by Crippen LogP contribution is 2.39. The van der Waals surface area contributed by atoms with Gasteiger partial charge < -0.3 is 5.32 Å². The van der Waals surface area contributed by atoms with Crippen molar-refractivity contribution in [3.63, 3.8) is 0 Å². The molecule has 9 heteroatoms. The molecule has 3 aromatic rings. The molecule has 1 atom stereocenters. The molecule has 1 aliphatic rings. The summed E-state index contributed by atoms with van der Waals surface area (Å²) in [5.41, 5.74) is 1.03. The standard InChI is InChI=1S/C15H14ClN7O/c16-10-3-1-2-4-12(10)23-8-7-11(20-23)15(24)17-13(9-5-6-9)14-18-21-22-19-14/h1-4,7-9,13H,5-6H2,(H,17,24)(H,18,19,21,22)/t13-/m1/s1. The summed E-state index contributed by atoms with van der Waals surface area (Å²) in [7, 11) is 0. The second kappa shape index (κ2) is 6.04. The number of halogens is 1. The Morgan fingerprint density at radius 1 is 1.33 bits per heavy atom. The van der Waals surface area contributed by atoms with E-state index in [0.717, 1.165) is 18.5 Å². The average molecular weight is 344 g/mol. The summed E-state index contributed by atoms with van der Waals surface area (Å²) in [4.78, 5) is 12.5. The van der Waals surface area contributed by atoms with Gasteiger partial charge in [0, 0.05) is 6.20 Å². The van der Waals surface area contributed by atoms with Gasteiger partial charge in [-0.3, -0.25) is 4.79 Å². The number of carbonyl (C=O) groups is 1. The van der Waals surface area contributed by atoms with Crippen molar-refractivity contribution in [2.75, 3.05) is 0 Å². The number of nitrogens with one attached hydrogen (secondary N) is 2. The lowest BCUT2D eigenvalue weighted by Gasteiger charge is -2.13. The number of aromatic nitrogens is 6. The zero-order valence-electron chi connectivity index (χ0n) is 12.6. The van der Waals surface area contributed by atoms with Gasteiger partial charge in [-0.2, -0.15) is 10.3 Å². The third kappa shape index (κ3) is 2.88. The van der Waals surface area contributed by atoms with Crippen LogP contribution in [-0.2, 0) is 0 Å². The molecule has 4 rings (SSSR count). The van der Waals surface area contributed by atoms with Crippen LogP contribution in [0.1, 0.15) is 35.2 Å². The maximum atomic E-state index is 12.5. The van der Waals surface area contributed by atoms with E-state index in [0.29, 0.717) is 22.5 Å². The fourth-order valence-corrected chi connectivity index (χ4v) is 2.78. The van der Waals surface area contributed by atoms with Crippen molar-refractivity contribution in [2.24, 2.45) is 5.92 Å². The van der Waals surface area contributed by atoms with Crippen molar-refractivity contribution in [1.29, 1.82) is 0 Å². The Morgan fingerprint density at radius 3 is 2.88 bits per heavy atom. The van der Waals surface area contributed by atoms with E-state index in [1.807, 2.05) is 18.2 Å². The molecule has 2 aromatic heterocycles. The molecule has 1 amide bonds. The second-order valence-corrected chi connectivity index (χ2v) is 6.06. The van der Waals surface area contributed by atoms with E-state index in [4.69, 9.17) is 11.6 Å². The molecule has 1 aliphatic carbocycles. The molecule has 0 saturated heterocycles. The van der Waals surface area contributed by atoms with Gasteiger partial charge in [0.1, 0.15) is 0 Å². The number of H-pyrrole nitrogens is 1. The Hall–Kier alpha value is -2.74. The van der Waals surface area contributed by atoms with Crippen LogP contribution >= 0.6 is 11.6 Å². The van der Waals surface area contributed by atoms with Gasteiger partial charge in [-0.15, -0.1) is 10.2 Å². The number of para-hydroxylation sites is 1. The summed E-state index contributed by atoms with van der Waals surface area (Å²) in [6.07, 6.45) is 3.78. The van der Waals surface area contributed by atoms with Crippen LogP contribution in [0.25, 0.3) is 5.69 Å². The summed E-state index contributed by atoms with van der Waals surface area (Å²) in [6.45, 7) is 0. The van der Waals surface area contributed by atoms with Crippen LogP contribution in [-0.4, -0.2) is 36.3 Å². The molecule has 0 spiro atoms. The molecule has 0 bridgehead atoms. The predicted octanol–water partition coefficient (Wildman–Crippen LogP) is 1.92. The highest BCUT2D eigenvalue weighted by molar-refractivity contribution is 6.32. The molecule has 1 saturated carbocycles. The third-order valence-corrected chi connectivity index (χ3v) is 4.26. The minimum absolute atomic E-state index is 0.248.